The molecular weight excluding hydrogens is 454 g/mol. The number of ether oxygens (including phenoxy) is 3. The van der Waals surface area contributed by atoms with Crippen LogP contribution in [-0.4, -0.2) is 67.6 Å². The molecule has 11 heteroatoms. The molecule has 0 aromatic carbocycles. The first-order valence-corrected chi connectivity index (χ1v) is 12.8. The van der Waals surface area contributed by atoms with Gasteiger partial charge in [-0.1, -0.05) is 0 Å². The van der Waals surface area contributed by atoms with Crippen molar-refractivity contribution in [3.63, 3.8) is 0 Å². The van der Waals surface area contributed by atoms with Gasteiger partial charge in [0.15, 0.2) is 0 Å². The number of carbonyl (C=O) groups excluding carboxylic acids is 2. The Kier molecular flexibility index (Phi) is 12.0. The van der Waals surface area contributed by atoms with Crippen LogP contribution < -0.4 is 5.32 Å². The van der Waals surface area contributed by atoms with E-state index in [4.69, 9.17) is 18.4 Å². The normalized spacial score (nSPS) is 16.1. The lowest BCUT2D eigenvalue weighted by Crippen LogP contribution is -2.50. The van der Waals surface area contributed by atoms with Crippen LogP contribution in [0.3, 0.4) is 0 Å². The van der Waals surface area contributed by atoms with Crippen LogP contribution in [-0.2, 0) is 38.1 Å². The highest BCUT2D eigenvalue weighted by atomic mass is 32.2. The van der Waals surface area contributed by atoms with Crippen LogP contribution in [0.25, 0.3) is 0 Å². The SMILES string of the molecule is CC(C)(C)OC(=O)C(CCCOS(C)(=O)=O)CC(NC(O)OC(C)(C)C)C(=O)OC(C)(C)C. The molecule has 0 aromatic rings. The van der Waals surface area contributed by atoms with Crippen molar-refractivity contribution in [2.24, 2.45) is 5.92 Å². The molecule has 0 aliphatic rings. The number of rotatable bonds is 12. The topological polar surface area (TPSA) is 137 Å². The summed E-state index contributed by atoms with van der Waals surface area (Å²) in [4.78, 5) is 25.7. The van der Waals surface area contributed by atoms with Gasteiger partial charge in [-0.3, -0.25) is 19.1 Å². The van der Waals surface area contributed by atoms with Crippen molar-refractivity contribution in [1.29, 1.82) is 0 Å². The summed E-state index contributed by atoms with van der Waals surface area (Å²) in [7, 11) is -3.61. The minimum Gasteiger partial charge on any atom is -0.460 e. The Morgan fingerprint density at radius 3 is 1.79 bits per heavy atom. The minimum atomic E-state index is -3.61. The summed E-state index contributed by atoms with van der Waals surface area (Å²) in [6, 6.07) is -1.09. The van der Waals surface area contributed by atoms with E-state index >= 15 is 0 Å². The fraction of sp³-hybridized carbons (Fsp3) is 0.909. The molecule has 196 valence electrons. The molecule has 0 spiro atoms. The first-order valence-electron chi connectivity index (χ1n) is 11.0. The third kappa shape index (κ3) is 17.8. The zero-order chi connectivity index (χ0) is 26.3. The third-order valence-corrected chi connectivity index (χ3v) is 4.35. The van der Waals surface area contributed by atoms with Gasteiger partial charge in [-0.25, -0.2) is 0 Å². The molecule has 0 heterocycles. The van der Waals surface area contributed by atoms with Crippen LogP contribution >= 0.6 is 0 Å². The Labute approximate surface area is 198 Å². The first-order chi connectivity index (χ1) is 14.6. The molecule has 0 saturated heterocycles. The van der Waals surface area contributed by atoms with Crippen molar-refractivity contribution in [1.82, 2.24) is 5.32 Å². The van der Waals surface area contributed by atoms with Gasteiger partial charge in [-0.15, -0.1) is 0 Å². The number of aliphatic hydroxyl groups excluding tert-OH is 1. The van der Waals surface area contributed by atoms with Crippen molar-refractivity contribution in [2.45, 2.75) is 111 Å². The van der Waals surface area contributed by atoms with Crippen LogP contribution in [0.5, 0.6) is 0 Å². The minimum absolute atomic E-state index is 0.0622. The lowest BCUT2D eigenvalue weighted by atomic mass is 9.94. The molecule has 0 amide bonds. The van der Waals surface area contributed by atoms with Crippen molar-refractivity contribution in [3.05, 3.63) is 0 Å². The van der Waals surface area contributed by atoms with E-state index in [1.807, 2.05) is 0 Å². The summed E-state index contributed by atoms with van der Waals surface area (Å²) in [5.74, 6) is -2.01. The Hall–Kier alpha value is -1.27. The highest BCUT2D eigenvalue weighted by molar-refractivity contribution is 7.85. The fourth-order valence-electron chi connectivity index (χ4n) is 2.69. The second kappa shape index (κ2) is 12.4. The van der Waals surface area contributed by atoms with Gasteiger partial charge in [-0.05, 0) is 81.6 Å². The van der Waals surface area contributed by atoms with Gasteiger partial charge in [0.2, 0.25) is 6.41 Å². The predicted octanol–water partition coefficient (Wildman–Crippen LogP) is 2.48. The summed E-state index contributed by atoms with van der Waals surface area (Å²) in [6.45, 7) is 15.4. The van der Waals surface area contributed by atoms with E-state index < -0.39 is 57.2 Å². The number of carbonyl (C=O) groups is 2. The van der Waals surface area contributed by atoms with E-state index in [1.165, 1.54) is 0 Å². The number of hydrogen-bond donors (Lipinski definition) is 2. The largest absolute Gasteiger partial charge is 0.460 e. The second-order valence-electron chi connectivity index (χ2n) is 11.0. The zero-order valence-electron chi connectivity index (χ0n) is 21.7. The average molecular weight is 498 g/mol. The molecule has 10 nitrogen and oxygen atoms in total. The standard InChI is InChI=1S/C22H43NO9S/c1-20(2,3)30-17(24)15(12-11-13-29-33(10,27)28)14-16(18(25)31-21(4,5)6)23-19(26)32-22(7,8)9/h15-16,19,23,26H,11-14H2,1-10H3. The maximum Gasteiger partial charge on any atom is 0.323 e. The Morgan fingerprint density at radius 1 is 0.879 bits per heavy atom. The maximum atomic E-state index is 12.9. The van der Waals surface area contributed by atoms with E-state index in [2.05, 4.69) is 5.32 Å². The van der Waals surface area contributed by atoms with Crippen LogP contribution in [0.4, 0.5) is 0 Å². The highest BCUT2D eigenvalue weighted by Gasteiger charge is 2.34. The Balaban J connectivity index is 5.64. The van der Waals surface area contributed by atoms with Crippen molar-refractivity contribution in [2.75, 3.05) is 12.9 Å². The van der Waals surface area contributed by atoms with Gasteiger partial charge in [-0.2, -0.15) is 8.42 Å². The van der Waals surface area contributed by atoms with Crippen molar-refractivity contribution >= 4 is 22.1 Å². The van der Waals surface area contributed by atoms with Gasteiger partial charge in [0.25, 0.3) is 10.1 Å². The smallest absolute Gasteiger partial charge is 0.323 e. The molecule has 0 radical (unpaired) electrons. The zero-order valence-corrected chi connectivity index (χ0v) is 22.5. The molecule has 0 fully saturated rings. The molecule has 3 unspecified atom stereocenters. The van der Waals surface area contributed by atoms with Gasteiger partial charge >= 0.3 is 11.9 Å². The molecule has 0 saturated carbocycles. The van der Waals surface area contributed by atoms with Crippen LogP contribution in [0.2, 0.25) is 0 Å². The van der Waals surface area contributed by atoms with Gasteiger partial charge < -0.3 is 19.3 Å². The molecule has 0 aliphatic carbocycles. The van der Waals surface area contributed by atoms with Crippen LogP contribution in [0.1, 0.15) is 81.6 Å². The van der Waals surface area contributed by atoms with Gasteiger partial charge in [0.05, 0.1) is 24.4 Å². The van der Waals surface area contributed by atoms with Crippen LogP contribution in [0, 0.1) is 5.92 Å². The molecule has 3 atom stereocenters. The average Bonchev–Trinajstić information content (AvgIpc) is 2.50. The molecule has 0 bridgehead atoms. The number of hydrogen-bond acceptors (Lipinski definition) is 10. The predicted molar refractivity (Wildman–Crippen MR) is 124 cm³/mol. The summed E-state index contributed by atoms with van der Waals surface area (Å²) in [5.41, 5.74) is -2.25. The van der Waals surface area contributed by atoms with E-state index in [0.717, 1.165) is 6.26 Å². The van der Waals surface area contributed by atoms with Crippen molar-refractivity contribution < 1.29 is 41.5 Å². The lowest BCUT2D eigenvalue weighted by molar-refractivity contribution is -0.194. The fourth-order valence-corrected chi connectivity index (χ4v) is 3.11. The summed E-state index contributed by atoms with van der Waals surface area (Å²) in [6.07, 6.45) is -0.180. The maximum absolute atomic E-state index is 12.9. The molecule has 33 heavy (non-hydrogen) atoms. The summed E-state index contributed by atoms with van der Waals surface area (Å²) in [5, 5.41) is 13.0. The number of nitrogens with one attached hydrogen (secondary N) is 1. The van der Waals surface area contributed by atoms with E-state index in [1.54, 1.807) is 62.3 Å². The van der Waals surface area contributed by atoms with E-state index in [9.17, 15) is 23.1 Å². The number of aliphatic hydroxyl groups is 1. The van der Waals surface area contributed by atoms with E-state index in [0.29, 0.717) is 0 Å². The van der Waals surface area contributed by atoms with Crippen LogP contribution in [0.15, 0.2) is 0 Å². The lowest BCUT2D eigenvalue weighted by Gasteiger charge is -2.31. The van der Waals surface area contributed by atoms with E-state index in [-0.39, 0.29) is 25.9 Å². The molecular formula is C22H43NO9S. The number of esters is 2. The summed E-state index contributed by atoms with van der Waals surface area (Å²) >= 11 is 0. The molecule has 2 N–H and O–H groups in total. The summed E-state index contributed by atoms with van der Waals surface area (Å²) < 4.78 is 43.6. The Bertz CT molecular complexity index is 730. The van der Waals surface area contributed by atoms with Gasteiger partial charge in [0.1, 0.15) is 17.2 Å². The first kappa shape index (κ1) is 31.7. The monoisotopic (exact) mass is 497 g/mol. The highest BCUT2D eigenvalue weighted by Crippen LogP contribution is 2.22. The quantitative estimate of drug-likeness (QED) is 0.179. The molecule has 0 rings (SSSR count). The molecule has 0 aliphatic heterocycles. The second-order valence-corrected chi connectivity index (χ2v) is 12.6. The third-order valence-electron chi connectivity index (χ3n) is 3.75. The van der Waals surface area contributed by atoms with Gasteiger partial charge in [0, 0.05) is 0 Å². The van der Waals surface area contributed by atoms with Crippen molar-refractivity contribution in [3.8, 4) is 0 Å². The molecule has 0 aromatic heterocycles. The Morgan fingerprint density at radius 2 is 1.36 bits per heavy atom.